The van der Waals surface area contributed by atoms with E-state index in [0.29, 0.717) is 11.3 Å². The maximum absolute atomic E-state index is 13.5. The summed E-state index contributed by atoms with van der Waals surface area (Å²) in [7, 11) is 3.14. The molecule has 2 aromatic carbocycles. The summed E-state index contributed by atoms with van der Waals surface area (Å²) in [6.45, 7) is 3.11. The fourth-order valence-electron chi connectivity index (χ4n) is 2.86. The zero-order valence-corrected chi connectivity index (χ0v) is 16.3. The van der Waals surface area contributed by atoms with Gasteiger partial charge in [-0.2, -0.15) is 0 Å². The lowest BCUT2D eigenvalue weighted by molar-refractivity contribution is -0.132. The van der Waals surface area contributed by atoms with Crippen LogP contribution < -0.4 is 10.1 Å². The third kappa shape index (κ3) is 5.28. The first-order valence-electron chi connectivity index (χ1n) is 8.84. The van der Waals surface area contributed by atoms with Gasteiger partial charge in [0.1, 0.15) is 5.75 Å². The molecule has 0 heterocycles. The molecule has 2 aromatic rings. The molecular formula is C21H24F2N2O3. The van der Waals surface area contributed by atoms with E-state index in [2.05, 4.69) is 5.32 Å². The Morgan fingerprint density at radius 1 is 1.07 bits per heavy atom. The molecule has 0 aliphatic heterocycles. The Bertz CT molecular complexity index is 840. The van der Waals surface area contributed by atoms with Crippen molar-refractivity contribution in [3.63, 3.8) is 0 Å². The highest BCUT2D eigenvalue weighted by Crippen LogP contribution is 2.25. The molecule has 0 radical (unpaired) electrons. The van der Waals surface area contributed by atoms with Gasteiger partial charge in [0.25, 0.3) is 0 Å². The molecule has 0 aliphatic carbocycles. The predicted molar refractivity (Wildman–Crippen MR) is 102 cm³/mol. The summed E-state index contributed by atoms with van der Waals surface area (Å²) in [5.74, 6) is -1.73. The van der Waals surface area contributed by atoms with Crippen LogP contribution in [0.25, 0.3) is 0 Å². The average molecular weight is 390 g/mol. The number of carbonyl (C=O) groups is 2. The first-order valence-corrected chi connectivity index (χ1v) is 8.84. The number of halogens is 2. The van der Waals surface area contributed by atoms with Gasteiger partial charge < -0.3 is 15.0 Å². The summed E-state index contributed by atoms with van der Waals surface area (Å²) in [6.07, 6.45) is 0.0242. The molecule has 0 aromatic heterocycles. The van der Waals surface area contributed by atoms with Crippen molar-refractivity contribution in [2.75, 3.05) is 14.2 Å². The van der Waals surface area contributed by atoms with Gasteiger partial charge in [-0.25, -0.2) is 8.78 Å². The number of nitrogens with zero attached hydrogens (tertiary/aromatic N) is 1. The topological polar surface area (TPSA) is 58.6 Å². The Labute approximate surface area is 163 Å². The number of carbonyl (C=O) groups excluding carboxylic acids is 2. The fourth-order valence-corrected chi connectivity index (χ4v) is 2.86. The summed E-state index contributed by atoms with van der Waals surface area (Å²) >= 11 is 0. The van der Waals surface area contributed by atoms with Crippen LogP contribution in [0.3, 0.4) is 0 Å². The molecule has 150 valence electrons. The second-order valence-electron chi connectivity index (χ2n) is 6.58. The number of benzene rings is 2. The summed E-state index contributed by atoms with van der Waals surface area (Å²) < 4.78 is 31.8. The maximum Gasteiger partial charge on any atom is 0.225 e. The number of rotatable bonds is 7. The molecule has 0 unspecified atom stereocenters. The molecule has 5 nitrogen and oxygen atoms in total. The average Bonchev–Trinajstić information content (AvgIpc) is 2.68. The second kappa shape index (κ2) is 9.30. The largest absolute Gasteiger partial charge is 0.497 e. The predicted octanol–water partition coefficient (Wildman–Crippen LogP) is 3.76. The quantitative estimate of drug-likeness (QED) is 0.783. The lowest BCUT2D eigenvalue weighted by Crippen LogP contribution is -2.35. The van der Waals surface area contributed by atoms with Crippen molar-refractivity contribution in [2.45, 2.75) is 32.4 Å². The Morgan fingerprint density at radius 3 is 2.21 bits per heavy atom. The monoisotopic (exact) mass is 390 g/mol. The molecule has 2 rings (SSSR count). The number of ether oxygens (including phenoxy) is 1. The van der Waals surface area contributed by atoms with Crippen molar-refractivity contribution in [3.05, 3.63) is 65.2 Å². The molecule has 0 aliphatic rings. The van der Waals surface area contributed by atoms with Gasteiger partial charge in [-0.1, -0.05) is 18.2 Å². The van der Waals surface area contributed by atoms with Crippen LogP contribution in [0.15, 0.2) is 42.5 Å². The van der Waals surface area contributed by atoms with Crippen molar-refractivity contribution in [1.29, 1.82) is 0 Å². The van der Waals surface area contributed by atoms with Gasteiger partial charge >= 0.3 is 0 Å². The Morgan fingerprint density at radius 2 is 1.68 bits per heavy atom. The van der Waals surface area contributed by atoms with E-state index in [-0.39, 0.29) is 18.2 Å². The summed E-state index contributed by atoms with van der Waals surface area (Å²) in [6, 6.07) is 9.66. The number of hydrogen-bond donors (Lipinski definition) is 1. The highest BCUT2D eigenvalue weighted by atomic mass is 19.2. The highest BCUT2D eigenvalue weighted by molar-refractivity contribution is 5.79. The van der Waals surface area contributed by atoms with Crippen LogP contribution in [0.5, 0.6) is 5.75 Å². The van der Waals surface area contributed by atoms with E-state index in [1.165, 1.54) is 17.9 Å². The van der Waals surface area contributed by atoms with Crippen LogP contribution in [0, 0.1) is 11.6 Å². The molecule has 0 bridgehead atoms. The third-order valence-corrected chi connectivity index (χ3v) is 4.67. The first-order chi connectivity index (χ1) is 13.2. The van der Waals surface area contributed by atoms with Gasteiger partial charge in [-0.3, -0.25) is 9.59 Å². The van der Waals surface area contributed by atoms with Gasteiger partial charge in [0.2, 0.25) is 11.8 Å². The van der Waals surface area contributed by atoms with E-state index in [4.69, 9.17) is 4.74 Å². The summed E-state index contributed by atoms with van der Waals surface area (Å²) in [5, 5.41) is 2.78. The van der Waals surface area contributed by atoms with Crippen molar-refractivity contribution < 1.29 is 23.1 Å². The third-order valence-electron chi connectivity index (χ3n) is 4.67. The standard InChI is InChI=1S/C21H24F2N2O3/c1-13(16-7-10-18(22)19(23)11-16)25(3)21(27)12-20(24-14(2)26)15-5-8-17(28-4)9-6-15/h5-11,13,20H,12H2,1-4H3,(H,24,26)/t13-,20+/m1/s1. The molecule has 0 saturated carbocycles. The maximum atomic E-state index is 13.5. The zero-order chi connectivity index (χ0) is 20.8. The number of amides is 2. The Balaban J connectivity index is 2.16. The molecule has 2 atom stereocenters. The summed E-state index contributed by atoms with van der Waals surface area (Å²) in [5.41, 5.74) is 1.24. The van der Waals surface area contributed by atoms with Gasteiger partial charge in [0.05, 0.1) is 25.6 Å². The molecule has 28 heavy (non-hydrogen) atoms. The first kappa shape index (κ1) is 21.3. The fraction of sp³-hybridized carbons (Fsp3) is 0.333. The lowest BCUT2D eigenvalue weighted by atomic mass is 10.0. The summed E-state index contributed by atoms with van der Waals surface area (Å²) in [4.78, 5) is 25.8. The van der Waals surface area contributed by atoms with Crippen molar-refractivity contribution >= 4 is 11.8 Å². The molecule has 2 amide bonds. The van der Waals surface area contributed by atoms with Gasteiger partial charge in [-0.05, 0) is 42.3 Å². The zero-order valence-electron chi connectivity index (χ0n) is 16.3. The molecule has 0 spiro atoms. The molecule has 1 N–H and O–H groups in total. The van der Waals surface area contributed by atoms with E-state index < -0.39 is 23.7 Å². The minimum absolute atomic E-state index is 0.0242. The van der Waals surface area contributed by atoms with Crippen LogP contribution in [0.1, 0.15) is 43.5 Å². The van der Waals surface area contributed by atoms with Crippen LogP contribution >= 0.6 is 0 Å². The molecule has 7 heteroatoms. The van der Waals surface area contributed by atoms with Crippen molar-refractivity contribution in [1.82, 2.24) is 10.2 Å². The second-order valence-corrected chi connectivity index (χ2v) is 6.58. The van der Waals surface area contributed by atoms with E-state index >= 15 is 0 Å². The molecule has 0 saturated heterocycles. The van der Waals surface area contributed by atoms with E-state index in [0.717, 1.165) is 17.7 Å². The number of hydrogen-bond acceptors (Lipinski definition) is 3. The number of nitrogens with one attached hydrogen (secondary N) is 1. The van der Waals surface area contributed by atoms with E-state index in [1.807, 2.05) is 0 Å². The van der Waals surface area contributed by atoms with Crippen molar-refractivity contribution in [2.24, 2.45) is 0 Å². The minimum atomic E-state index is -0.959. The van der Waals surface area contributed by atoms with Crippen LogP contribution in [-0.2, 0) is 9.59 Å². The SMILES string of the molecule is COc1ccc([C@H](CC(=O)N(C)[C@H](C)c2ccc(F)c(F)c2)NC(C)=O)cc1. The van der Waals surface area contributed by atoms with Gasteiger partial charge in [0.15, 0.2) is 11.6 Å². The highest BCUT2D eigenvalue weighted by Gasteiger charge is 2.23. The molecule has 0 fully saturated rings. The lowest BCUT2D eigenvalue weighted by Gasteiger charge is -2.28. The smallest absolute Gasteiger partial charge is 0.225 e. The Hall–Kier alpha value is -2.96. The number of methoxy groups -OCH3 is 1. The van der Waals surface area contributed by atoms with E-state index in [1.54, 1.807) is 45.3 Å². The normalized spacial score (nSPS) is 12.8. The Kier molecular flexibility index (Phi) is 7.09. The van der Waals surface area contributed by atoms with E-state index in [9.17, 15) is 18.4 Å². The van der Waals surface area contributed by atoms with Crippen LogP contribution in [0.4, 0.5) is 8.78 Å². The van der Waals surface area contributed by atoms with Crippen LogP contribution in [-0.4, -0.2) is 30.9 Å². The van der Waals surface area contributed by atoms with Gasteiger partial charge in [0, 0.05) is 14.0 Å². The molecular weight excluding hydrogens is 366 g/mol. The van der Waals surface area contributed by atoms with Gasteiger partial charge in [-0.15, -0.1) is 0 Å². The van der Waals surface area contributed by atoms with Crippen LogP contribution in [0.2, 0.25) is 0 Å². The van der Waals surface area contributed by atoms with Crippen molar-refractivity contribution in [3.8, 4) is 5.75 Å². The minimum Gasteiger partial charge on any atom is -0.497 e.